The lowest BCUT2D eigenvalue weighted by Gasteiger charge is -2.11. The van der Waals surface area contributed by atoms with E-state index >= 15 is 0 Å². The van der Waals surface area contributed by atoms with Crippen molar-refractivity contribution in [2.24, 2.45) is 5.84 Å². The number of fused-ring (bicyclic) bond motifs is 1. The van der Waals surface area contributed by atoms with E-state index in [-0.39, 0.29) is 6.04 Å². The number of rotatable bonds is 2. The molecule has 0 spiro atoms. The van der Waals surface area contributed by atoms with Gasteiger partial charge in [0.05, 0.1) is 17.3 Å². The van der Waals surface area contributed by atoms with Crippen molar-refractivity contribution in [3.63, 3.8) is 0 Å². The van der Waals surface area contributed by atoms with Crippen LogP contribution in [0, 0.1) is 6.92 Å². The molecule has 0 saturated heterocycles. The molecule has 3 nitrogen and oxygen atoms in total. The Labute approximate surface area is 89.3 Å². The van der Waals surface area contributed by atoms with Crippen molar-refractivity contribution in [3.8, 4) is 0 Å². The molecule has 15 heavy (non-hydrogen) atoms. The van der Waals surface area contributed by atoms with Gasteiger partial charge in [-0.05, 0) is 31.5 Å². The Morgan fingerprint density at radius 1 is 1.33 bits per heavy atom. The van der Waals surface area contributed by atoms with Gasteiger partial charge in [-0.25, -0.2) is 0 Å². The van der Waals surface area contributed by atoms with Gasteiger partial charge in [0.15, 0.2) is 0 Å². The highest BCUT2D eigenvalue weighted by atomic mass is 15.2. The zero-order valence-corrected chi connectivity index (χ0v) is 8.99. The number of nitrogens with one attached hydrogen (secondary N) is 1. The van der Waals surface area contributed by atoms with E-state index in [9.17, 15) is 0 Å². The van der Waals surface area contributed by atoms with Gasteiger partial charge in [0.25, 0.3) is 0 Å². The number of hydrogen-bond acceptors (Lipinski definition) is 3. The summed E-state index contributed by atoms with van der Waals surface area (Å²) in [5.41, 5.74) is 5.95. The molecule has 0 aliphatic heterocycles. The second-order valence-electron chi connectivity index (χ2n) is 3.77. The molecule has 0 radical (unpaired) electrons. The first-order chi connectivity index (χ1) is 7.22. The Hall–Kier alpha value is -1.45. The molecule has 3 heteroatoms. The highest BCUT2D eigenvalue weighted by molar-refractivity contribution is 5.82. The summed E-state index contributed by atoms with van der Waals surface area (Å²) in [6.45, 7) is 4.09. The number of nitrogens with two attached hydrogens (primary N) is 1. The largest absolute Gasteiger partial charge is 0.271 e. The van der Waals surface area contributed by atoms with Crippen LogP contribution in [0.5, 0.6) is 0 Å². The molecule has 1 unspecified atom stereocenters. The van der Waals surface area contributed by atoms with Crippen LogP contribution in [0.1, 0.15) is 24.2 Å². The van der Waals surface area contributed by atoms with Gasteiger partial charge < -0.3 is 0 Å². The molecule has 1 heterocycles. The molecule has 1 aromatic carbocycles. The number of para-hydroxylation sites is 1. The monoisotopic (exact) mass is 201 g/mol. The van der Waals surface area contributed by atoms with Gasteiger partial charge in [0.1, 0.15) is 0 Å². The Bertz CT molecular complexity index is 479. The minimum atomic E-state index is 0.0771. The Morgan fingerprint density at radius 2 is 2.07 bits per heavy atom. The van der Waals surface area contributed by atoms with Gasteiger partial charge in [-0.1, -0.05) is 18.2 Å². The molecule has 0 bridgehead atoms. The van der Waals surface area contributed by atoms with E-state index in [1.54, 1.807) is 0 Å². The summed E-state index contributed by atoms with van der Waals surface area (Å²) in [5.74, 6) is 5.41. The van der Waals surface area contributed by atoms with E-state index in [0.29, 0.717) is 0 Å². The second-order valence-corrected chi connectivity index (χ2v) is 3.77. The lowest BCUT2D eigenvalue weighted by atomic mass is 10.1. The number of nitrogens with zero attached hydrogens (tertiary/aromatic N) is 1. The second kappa shape index (κ2) is 3.96. The fraction of sp³-hybridized carbons (Fsp3) is 0.250. The molecule has 78 valence electrons. The molecule has 0 saturated carbocycles. The van der Waals surface area contributed by atoms with Gasteiger partial charge in [0, 0.05) is 5.39 Å². The number of pyridine rings is 1. The Morgan fingerprint density at radius 3 is 2.80 bits per heavy atom. The predicted octanol–water partition coefficient (Wildman–Crippen LogP) is 2.07. The van der Waals surface area contributed by atoms with Crippen LogP contribution in [0.3, 0.4) is 0 Å². The molecular weight excluding hydrogens is 186 g/mol. The van der Waals surface area contributed by atoms with Gasteiger partial charge in [0.2, 0.25) is 0 Å². The number of benzene rings is 1. The fourth-order valence-corrected chi connectivity index (χ4v) is 1.68. The molecule has 0 aliphatic carbocycles. The van der Waals surface area contributed by atoms with E-state index in [2.05, 4.69) is 29.5 Å². The predicted molar refractivity (Wildman–Crippen MR) is 62.2 cm³/mol. The van der Waals surface area contributed by atoms with Crippen molar-refractivity contribution in [2.75, 3.05) is 0 Å². The zero-order valence-electron chi connectivity index (χ0n) is 8.99. The maximum absolute atomic E-state index is 5.41. The smallest absolute Gasteiger partial charge is 0.0708 e. The van der Waals surface area contributed by atoms with Crippen LogP contribution in [-0.2, 0) is 0 Å². The van der Waals surface area contributed by atoms with Crippen molar-refractivity contribution in [1.82, 2.24) is 10.4 Å². The lowest BCUT2D eigenvalue weighted by molar-refractivity contribution is 0.588. The highest BCUT2D eigenvalue weighted by Gasteiger charge is 2.07. The Balaban J connectivity index is 2.62. The normalized spacial score (nSPS) is 13.0. The summed E-state index contributed by atoms with van der Waals surface area (Å²) in [7, 11) is 0. The van der Waals surface area contributed by atoms with E-state index in [1.165, 1.54) is 10.9 Å². The maximum atomic E-state index is 5.41. The van der Waals surface area contributed by atoms with Crippen LogP contribution in [0.4, 0.5) is 0 Å². The number of aryl methyl sites for hydroxylation is 1. The van der Waals surface area contributed by atoms with Crippen molar-refractivity contribution < 1.29 is 0 Å². The first-order valence-electron chi connectivity index (χ1n) is 5.05. The minimum Gasteiger partial charge on any atom is -0.271 e. The van der Waals surface area contributed by atoms with Crippen LogP contribution < -0.4 is 11.3 Å². The third kappa shape index (κ3) is 1.84. The van der Waals surface area contributed by atoms with Crippen LogP contribution >= 0.6 is 0 Å². The van der Waals surface area contributed by atoms with Crippen molar-refractivity contribution in [2.45, 2.75) is 19.9 Å². The number of aromatic nitrogens is 1. The van der Waals surface area contributed by atoms with E-state index in [4.69, 9.17) is 5.84 Å². The lowest BCUT2D eigenvalue weighted by Crippen LogP contribution is -2.26. The van der Waals surface area contributed by atoms with Crippen molar-refractivity contribution >= 4 is 10.9 Å². The molecule has 2 rings (SSSR count). The number of hydrogen-bond donors (Lipinski definition) is 2. The van der Waals surface area contributed by atoms with E-state index in [1.807, 2.05) is 25.1 Å². The summed E-state index contributed by atoms with van der Waals surface area (Å²) >= 11 is 0. The highest BCUT2D eigenvalue weighted by Crippen LogP contribution is 2.20. The van der Waals surface area contributed by atoms with Gasteiger partial charge >= 0.3 is 0 Å². The quantitative estimate of drug-likeness (QED) is 0.577. The topological polar surface area (TPSA) is 50.9 Å². The van der Waals surface area contributed by atoms with E-state index in [0.717, 1.165) is 11.2 Å². The van der Waals surface area contributed by atoms with Gasteiger partial charge in [-0.2, -0.15) is 0 Å². The van der Waals surface area contributed by atoms with Crippen LogP contribution in [0.15, 0.2) is 30.3 Å². The molecule has 2 aromatic rings. The number of hydrazine groups is 1. The summed E-state index contributed by atoms with van der Waals surface area (Å²) in [4.78, 5) is 4.56. The van der Waals surface area contributed by atoms with Crippen LogP contribution in [0.25, 0.3) is 10.9 Å². The SMILES string of the molecule is Cc1cc(C(C)NN)nc2ccccc12. The maximum Gasteiger partial charge on any atom is 0.0708 e. The van der Waals surface area contributed by atoms with E-state index < -0.39 is 0 Å². The molecule has 1 atom stereocenters. The third-order valence-electron chi connectivity index (χ3n) is 2.64. The zero-order chi connectivity index (χ0) is 10.8. The molecule has 0 fully saturated rings. The van der Waals surface area contributed by atoms with Gasteiger partial charge in [-0.15, -0.1) is 0 Å². The summed E-state index contributed by atoms with van der Waals surface area (Å²) in [6.07, 6.45) is 0. The summed E-state index contributed by atoms with van der Waals surface area (Å²) < 4.78 is 0. The first kappa shape index (κ1) is 10.1. The average molecular weight is 201 g/mol. The first-order valence-corrected chi connectivity index (χ1v) is 5.05. The Kier molecular flexibility index (Phi) is 2.66. The summed E-state index contributed by atoms with van der Waals surface area (Å²) in [6, 6.07) is 10.3. The molecule has 1 aromatic heterocycles. The standard InChI is InChI=1S/C12H15N3/c1-8-7-12(9(2)15-13)14-11-6-4-3-5-10(8)11/h3-7,9,15H,13H2,1-2H3. The molecule has 3 N–H and O–H groups in total. The molecule has 0 aliphatic rings. The third-order valence-corrected chi connectivity index (χ3v) is 2.64. The fourth-order valence-electron chi connectivity index (χ4n) is 1.68. The van der Waals surface area contributed by atoms with Crippen molar-refractivity contribution in [1.29, 1.82) is 0 Å². The van der Waals surface area contributed by atoms with Crippen LogP contribution in [-0.4, -0.2) is 4.98 Å². The minimum absolute atomic E-state index is 0.0771. The molecule has 0 amide bonds. The molecular formula is C12H15N3. The van der Waals surface area contributed by atoms with Crippen molar-refractivity contribution in [3.05, 3.63) is 41.6 Å². The van der Waals surface area contributed by atoms with Crippen LogP contribution in [0.2, 0.25) is 0 Å². The average Bonchev–Trinajstić information content (AvgIpc) is 2.28. The summed E-state index contributed by atoms with van der Waals surface area (Å²) in [5, 5.41) is 1.20. The van der Waals surface area contributed by atoms with Gasteiger partial charge in [-0.3, -0.25) is 16.3 Å².